The van der Waals surface area contributed by atoms with Gasteiger partial charge >= 0.3 is 5.69 Å². The van der Waals surface area contributed by atoms with Crippen LogP contribution in [0.3, 0.4) is 0 Å². The molecule has 0 aliphatic heterocycles. The molecule has 0 bridgehead atoms. The minimum Gasteiger partial charge on any atom is -0.441 e. The number of aromatic nitrogens is 3. The van der Waals surface area contributed by atoms with Crippen molar-refractivity contribution in [3.05, 3.63) is 63.0 Å². The van der Waals surface area contributed by atoms with Crippen LogP contribution in [0.15, 0.2) is 44.5 Å². The topological polar surface area (TPSA) is 127 Å². The molecule has 3 N–H and O–H groups in total. The number of nitrogens with one attached hydrogen (secondary N) is 1. The molecule has 0 fully saturated rings. The molecular weight excluding hydrogens is 441 g/mol. The van der Waals surface area contributed by atoms with E-state index in [9.17, 15) is 18.8 Å². The molecule has 9 nitrogen and oxygen atoms in total. The third kappa shape index (κ3) is 5.62. The Morgan fingerprint density at radius 1 is 1.29 bits per heavy atom. The van der Waals surface area contributed by atoms with E-state index in [-0.39, 0.29) is 59.9 Å². The van der Waals surface area contributed by atoms with Gasteiger partial charge in [-0.2, -0.15) is 0 Å². The molecule has 0 aliphatic rings. The molecule has 0 atom stereocenters. The zero-order valence-corrected chi connectivity index (χ0v) is 19.6. The first-order valence-corrected chi connectivity index (χ1v) is 11.4. The number of nitrogens with two attached hydrogens (primary N) is 1. The van der Waals surface area contributed by atoms with Gasteiger partial charge < -0.3 is 15.1 Å². The summed E-state index contributed by atoms with van der Waals surface area (Å²) in [4.78, 5) is 45.9. The summed E-state index contributed by atoms with van der Waals surface area (Å²) in [6.07, 6.45) is 3.07. The summed E-state index contributed by atoms with van der Waals surface area (Å²) in [5.74, 6) is -0.258. The average Bonchev–Trinajstić information content (AvgIpc) is 3.25. The summed E-state index contributed by atoms with van der Waals surface area (Å²) in [7, 11) is 0. The molecular formula is C24H30FN5O4. The number of anilines is 2. The summed E-state index contributed by atoms with van der Waals surface area (Å²) in [6, 6.07) is 6.18. The molecule has 0 aliphatic carbocycles. The van der Waals surface area contributed by atoms with E-state index in [4.69, 9.17) is 10.2 Å². The Morgan fingerprint density at radius 2 is 2.03 bits per heavy atom. The van der Waals surface area contributed by atoms with Gasteiger partial charge in [-0.05, 0) is 24.5 Å². The molecule has 0 radical (unpaired) electrons. The van der Waals surface area contributed by atoms with E-state index in [0.29, 0.717) is 13.0 Å². The van der Waals surface area contributed by atoms with Crippen molar-refractivity contribution in [2.45, 2.75) is 53.0 Å². The minimum atomic E-state index is -0.706. The highest BCUT2D eigenvalue weighted by Crippen LogP contribution is 2.24. The van der Waals surface area contributed by atoms with Crippen molar-refractivity contribution < 1.29 is 13.6 Å². The van der Waals surface area contributed by atoms with Crippen LogP contribution in [0, 0.1) is 11.7 Å². The van der Waals surface area contributed by atoms with Gasteiger partial charge in [0.15, 0.2) is 17.3 Å². The van der Waals surface area contributed by atoms with Crippen LogP contribution in [0.4, 0.5) is 15.9 Å². The van der Waals surface area contributed by atoms with Crippen molar-refractivity contribution in [1.82, 2.24) is 14.5 Å². The molecule has 1 aromatic carbocycles. The summed E-state index contributed by atoms with van der Waals surface area (Å²) < 4.78 is 20.9. The third-order valence-electron chi connectivity index (χ3n) is 5.31. The Balaban J connectivity index is 1.84. The molecule has 2 aromatic heterocycles. The number of hydrogen-bond acceptors (Lipinski definition) is 6. The van der Waals surface area contributed by atoms with Crippen molar-refractivity contribution in [3.8, 4) is 11.3 Å². The van der Waals surface area contributed by atoms with Crippen LogP contribution in [0.5, 0.6) is 0 Å². The number of amides is 1. The maximum Gasteiger partial charge on any atom is 0.330 e. The molecule has 34 heavy (non-hydrogen) atoms. The zero-order chi connectivity index (χ0) is 24.8. The maximum atomic E-state index is 14.0. The molecule has 0 spiro atoms. The monoisotopic (exact) mass is 471 g/mol. The number of unbranched alkanes of at least 4 members (excludes halogenated alkanes) is 1. The number of nitrogen functional groups attached to an aromatic ring is 1. The Morgan fingerprint density at radius 3 is 2.71 bits per heavy atom. The molecule has 0 saturated carbocycles. The number of carbonyl (C=O) groups excluding carboxylic acids is 1. The third-order valence-corrected chi connectivity index (χ3v) is 5.31. The van der Waals surface area contributed by atoms with Gasteiger partial charge in [0.25, 0.3) is 5.56 Å². The number of rotatable bonds is 10. The average molecular weight is 472 g/mol. The fraction of sp³-hybridized carbons (Fsp3) is 0.417. The quantitative estimate of drug-likeness (QED) is 0.467. The molecule has 2 heterocycles. The van der Waals surface area contributed by atoms with Crippen LogP contribution >= 0.6 is 0 Å². The predicted molar refractivity (Wildman–Crippen MR) is 128 cm³/mol. The van der Waals surface area contributed by atoms with Gasteiger partial charge in [0.05, 0.1) is 11.8 Å². The van der Waals surface area contributed by atoms with E-state index in [0.717, 1.165) is 6.42 Å². The lowest BCUT2D eigenvalue weighted by Gasteiger charge is -2.26. The summed E-state index contributed by atoms with van der Waals surface area (Å²) >= 11 is 0. The van der Waals surface area contributed by atoms with Crippen LogP contribution in [0.25, 0.3) is 11.3 Å². The highest BCUT2D eigenvalue weighted by Gasteiger charge is 2.25. The minimum absolute atomic E-state index is 0.0170. The summed E-state index contributed by atoms with van der Waals surface area (Å²) in [5.41, 5.74) is 5.15. The molecule has 182 valence electrons. The fourth-order valence-corrected chi connectivity index (χ4v) is 3.62. The van der Waals surface area contributed by atoms with Gasteiger partial charge in [-0.1, -0.05) is 39.3 Å². The number of carbonyl (C=O) groups is 1. The van der Waals surface area contributed by atoms with E-state index in [2.05, 4.69) is 9.97 Å². The zero-order valence-electron chi connectivity index (χ0n) is 19.6. The molecule has 3 rings (SSSR count). The second kappa shape index (κ2) is 11.0. The van der Waals surface area contributed by atoms with Crippen LogP contribution in [0.1, 0.15) is 45.9 Å². The Kier molecular flexibility index (Phi) is 8.04. The van der Waals surface area contributed by atoms with Crippen molar-refractivity contribution in [2.75, 3.05) is 17.2 Å². The van der Waals surface area contributed by atoms with E-state index in [1.807, 2.05) is 20.8 Å². The van der Waals surface area contributed by atoms with Gasteiger partial charge in [-0.3, -0.25) is 19.1 Å². The number of nitrogens with zero attached hydrogens (tertiary/aromatic N) is 3. The Hall–Kier alpha value is -3.69. The van der Waals surface area contributed by atoms with Crippen molar-refractivity contribution in [1.29, 1.82) is 0 Å². The lowest BCUT2D eigenvalue weighted by Crippen LogP contribution is -2.42. The highest BCUT2D eigenvalue weighted by atomic mass is 19.1. The standard InChI is InChI=1S/C24H30FN5O4/c1-4-5-12-29-22(26)21(23(32)28-24(29)33)30(14-15(2)3)20(31)11-10-19-27-13-18(34-19)16-8-6-7-9-17(16)25/h6-9,13,15H,4-5,10-12,14,26H2,1-3H3,(H,28,32,33). The SMILES string of the molecule is CCCCn1c(N)c(N(CC(C)C)C(=O)CCc2ncc(-c3ccccc3F)o2)c(=O)[nH]c1=O. The number of H-pyrrole nitrogens is 1. The number of halogens is 1. The normalized spacial score (nSPS) is 11.2. The number of hydrogen-bond donors (Lipinski definition) is 2. The van der Waals surface area contributed by atoms with E-state index < -0.39 is 17.1 Å². The van der Waals surface area contributed by atoms with Crippen LogP contribution in [0.2, 0.25) is 0 Å². The number of aromatic amines is 1. The summed E-state index contributed by atoms with van der Waals surface area (Å²) in [5, 5.41) is 0. The van der Waals surface area contributed by atoms with E-state index in [1.54, 1.807) is 18.2 Å². The Bertz CT molecular complexity index is 1260. The number of aryl methyl sites for hydroxylation is 1. The first-order valence-electron chi connectivity index (χ1n) is 11.4. The second-order valence-electron chi connectivity index (χ2n) is 8.49. The first-order chi connectivity index (χ1) is 16.2. The molecule has 1 amide bonds. The largest absolute Gasteiger partial charge is 0.441 e. The molecule has 0 unspecified atom stereocenters. The van der Waals surface area contributed by atoms with Crippen LogP contribution in [-0.2, 0) is 17.8 Å². The van der Waals surface area contributed by atoms with Crippen molar-refractivity contribution >= 4 is 17.4 Å². The lowest BCUT2D eigenvalue weighted by molar-refractivity contribution is -0.118. The van der Waals surface area contributed by atoms with E-state index >= 15 is 0 Å². The van der Waals surface area contributed by atoms with Gasteiger partial charge in [0.1, 0.15) is 11.6 Å². The first kappa shape index (κ1) is 24.9. The predicted octanol–water partition coefficient (Wildman–Crippen LogP) is 3.33. The van der Waals surface area contributed by atoms with Crippen LogP contribution in [-0.4, -0.2) is 27.0 Å². The molecule has 0 saturated heterocycles. The maximum absolute atomic E-state index is 14.0. The lowest BCUT2D eigenvalue weighted by atomic mass is 10.1. The van der Waals surface area contributed by atoms with Crippen LogP contribution < -0.4 is 21.9 Å². The molecule has 10 heteroatoms. The Labute approximate surface area is 196 Å². The highest BCUT2D eigenvalue weighted by molar-refractivity contribution is 5.95. The van der Waals surface area contributed by atoms with Gasteiger partial charge in [-0.15, -0.1) is 0 Å². The second-order valence-corrected chi connectivity index (χ2v) is 8.49. The van der Waals surface area contributed by atoms with Gasteiger partial charge in [0, 0.05) is 25.9 Å². The van der Waals surface area contributed by atoms with Crippen molar-refractivity contribution in [3.63, 3.8) is 0 Å². The van der Waals surface area contributed by atoms with Crippen molar-refractivity contribution in [2.24, 2.45) is 5.92 Å². The van der Waals surface area contributed by atoms with Gasteiger partial charge in [-0.25, -0.2) is 14.2 Å². The number of benzene rings is 1. The smallest absolute Gasteiger partial charge is 0.330 e. The fourth-order valence-electron chi connectivity index (χ4n) is 3.62. The number of oxazole rings is 1. The van der Waals surface area contributed by atoms with E-state index in [1.165, 1.54) is 21.7 Å². The molecule has 3 aromatic rings. The van der Waals surface area contributed by atoms with Gasteiger partial charge in [0.2, 0.25) is 5.91 Å². The summed E-state index contributed by atoms with van der Waals surface area (Å²) in [6.45, 7) is 6.37.